The first-order valence-electron chi connectivity index (χ1n) is 8.01. The summed E-state index contributed by atoms with van der Waals surface area (Å²) in [6.07, 6.45) is 10.3. The van der Waals surface area contributed by atoms with Gasteiger partial charge in [0.15, 0.2) is 0 Å². The molecule has 0 saturated heterocycles. The standard InChI is InChI=1S/C18H25Cl/c1-2-13-7-9-18(19)17(10-13)12-14-6-8-15-4-3-5-16(15)11-14/h6,8,11,13,17-18H,2-5,7,9-10,12H2,1H3. The van der Waals surface area contributed by atoms with Crippen molar-refractivity contribution in [3.05, 3.63) is 34.9 Å². The first-order chi connectivity index (χ1) is 9.26. The summed E-state index contributed by atoms with van der Waals surface area (Å²) in [7, 11) is 0. The number of hydrogen-bond donors (Lipinski definition) is 0. The van der Waals surface area contributed by atoms with Gasteiger partial charge in [-0.1, -0.05) is 31.5 Å². The highest BCUT2D eigenvalue weighted by Crippen LogP contribution is 2.36. The van der Waals surface area contributed by atoms with E-state index in [-0.39, 0.29) is 0 Å². The molecule has 0 aromatic heterocycles. The lowest BCUT2D eigenvalue weighted by atomic mass is 9.77. The fourth-order valence-electron chi connectivity index (χ4n) is 3.96. The zero-order chi connectivity index (χ0) is 13.2. The van der Waals surface area contributed by atoms with Gasteiger partial charge < -0.3 is 0 Å². The molecule has 104 valence electrons. The van der Waals surface area contributed by atoms with Gasteiger partial charge in [-0.3, -0.25) is 0 Å². The van der Waals surface area contributed by atoms with Crippen molar-refractivity contribution in [1.82, 2.24) is 0 Å². The SMILES string of the molecule is CCC1CCC(Cl)C(Cc2ccc3c(c2)CCC3)C1. The Bertz CT molecular complexity index is 437. The summed E-state index contributed by atoms with van der Waals surface area (Å²) >= 11 is 6.57. The van der Waals surface area contributed by atoms with Gasteiger partial charge in [-0.25, -0.2) is 0 Å². The second-order valence-corrected chi connectivity index (χ2v) is 7.08. The number of fused-ring (bicyclic) bond motifs is 1. The summed E-state index contributed by atoms with van der Waals surface area (Å²) in [5.41, 5.74) is 4.71. The van der Waals surface area contributed by atoms with Crippen LogP contribution in [0.5, 0.6) is 0 Å². The lowest BCUT2D eigenvalue weighted by molar-refractivity contribution is 0.265. The molecular formula is C18H25Cl. The Morgan fingerprint density at radius 1 is 1.16 bits per heavy atom. The molecule has 2 aliphatic rings. The van der Waals surface area contributed by atoms with E-state index in [1.54, 1.807) is 11.1 Å². The molecule has 0 amide bonds. The number of rotatable bonds is 3. The van der Waals surface area contributed by atoms with E-state index < -0.39 is 0 Å². The molecule has 1 fully saturated rings. The van der Waals surface area contributed by atoms with Gasteiger partial charge in [-0.15, -0.1) is 11.6 Å². The first kappa shape index (κ1) is 13.5. The van der Waals surface area contributed by atoms with Gasteiger partial charge in [0.2, 0.25) is 0 Å². The molecule has 3 atom stereocenters. The Hall–Kier alpha value is -0.490. The summed E-state index contributed by atoms with van der Waals surface area (Å²) in [4.78, 5) is 0. The molecule has 1 heteroatoms. The van der Waals surface area contributed by atoms with Crippen molar-refractivity contribution in [3.8, 4) is 0 Å². The van der Waals surface area contributed by atoms with Gasteiger partial charge in [0.25, 0.3) is 0 Å². The molecular weight excluding hydrogens is 252 g/mol. The maximum atomic E-state index is 6.57. The predicted molar refractivity (Wildman–Crippen MR) is 82.9 cm³/mol. The van der Waals surface area contributed by atoms with Crippen LogP contribution in [0.2, 0.25) is 0 Å². The molecule has 0 heterocycles. The van der Waals surface area contributed by atoms with E-state index in [9.17, 15) is 0 Å². The molecule has 1 aromatic carbocycles. The molecule has 19 heavy (non-hydrogen) atoms. The van der Waals surface area contributed by atoms with E-state index in [0.717, 1.165) is 5.92 Å². The number of alkyl halides is 1. The number of hydrogen-bond acceptors (Lipinski definition) is 0. The van der Waals surface area contributed by atoms with Crippen LogP contribution in [0.1, 0.15) is 55.7 Å². The van der Waals surface area contributed by atoms with Crippen molar-refractivity contribution in [1.29, 1.82) is 0 Å². The summed E-state index contributed by atoms with van der Waals surface area (Å²) in [5.74, 6) is 1.61. The first-order valence-corrected chi connectivity index (χ1v) is 8.44. The van der Waals surface area contributed by atoms with Crippen LogP contribution in [0.25, 0.3) is 0 Å². The van der Waals surface area contributed by atoms with Crippen LogP contribution in [0.15, 0.2) is 18.2 Å². The average Bonchev–Trinajstić information content (AvgIpc) is 2.89. The predicted octanol–water partition coefficient (Wildman–Crippen LogP) is 5.15. The summed E-state index contributed by atoms with van der Waals surface area (Å²) in [6, 6.07) is 7.17. The lowest BCUT2D eigenvalue weighted by Crippen LogP contribution is -2.26. The van der Waals surface area contributed by atoms with Crippen LogP contribution in [-0.4, -0.2) is 5.38 Å². The van der Waals surface area contributed by atoms with Crippen molar-refractivity contribution < 1.29 is 0 Å². The number of halogens is 1. The molecule has 3 rings (SSSR count). The highest BCUT2D eigenvalue weighted by atomic mass is 35.5. The molecule has 0 spiro atoms. The van der Waals surface area contributed by atoms with Crippen molar-refractivity contribution in [2.24, 2.45) is 11.8 Å². The van der Waals surface area contributed by atoms with E-state index in [1.807, 2.05) is 0 Å². The maximum absolute atomic E-state index is 6.57. The van der Waals surface area contributed by atoms with Gasteiger partial charge in [-0.2, -0.15) is 0 Å². The minimum absolute atomic E-state index is 0.399. The van der Waals surface area contributed by atoms with Gasteiger partial charge >= 0.3 is 0 Å². The molecule has 0 radical (unpaired) electrons. The van der Waals surface area contributed by atoms with Gasteiger partial charge in [-0.05, 0) is 73.5 Å². The van der Waals surface area contributed by atoms with Crippen LogP contribution < -0.4 is 0 Å². The summed E-state index contributed by atoms with van der Waals surface area (Å²) in [6.45, 7) is 2.33. The van der Waals surface area contributed by atoms with E-state index >= 15 is 0 Å². The third kappa shape index (κ3) is 2.99. The Morgan fingerprint density at radius 2 is 2.00 bits per heavy atom. The van der Waals surface area contributed by atoms with Crippen LogP contribution >= 0.6 is 11.6 Å². The zero-order valence-electron chi connectivity index (χ0n) is 12.0. The lowest BCUT2D eigenvalue weighted by Gasteiger charge is -2.32. The van der Waals surface area contributed by atoms with Crippen LogP contribution in [0.4, 0.5) is 0 Å². The Labute approximate surface area is 122 Å². The Kier molecular flexibility index (Phi) is 4.17. The second kappa shape index (κ2) is 5.87. The normalized spacial score (nSPS) is 30.3. The molecule has 0 aliphatic heterocycles. The monoisotopic (exact) mass is 276 g/mol. The van der Waals surface area contributed by atoms with E-state index in [4.69, 9.17) is 11.6 Å². The zero-order valence-corrected chi connectivity index (χ0v) is 12.8. The minimum Gasteiger partial charge on any atom is -0.123 e. The van der Waals surface area contributed by atoms with Crippen molar-refractivity contribution in [2.45, 2.75) is 63.7 Å². The van der Waals surface area contributed by atoms with Gasteiger partial charge in [0, 0.05) is 5.38 Å². The fourth-order valence-corrected chi connectivity index (χ4v) is 4.28. The Balaban J connectivity index is 1.69. The highest BCUT2D eigenvalue weighted by molar-refractivity contribution is 6.20. The smallest absolute Gasteiger partial charge is 0.0367 e. The van der Waals surface area contributed by atoms with Crippen LogP contribution in [0.3, 0.4) is 0 Å². The van der Waals surface area contributed by atoms with E-state index in [2.05, 4.69) is 25.1 Å². The molecule has 2 aliphatic carbocycles. The number of aryl methyl sites for hydroxylation is 2. The third-order valence-corrected chi connectivity index (χ3v) is 5.81. The fraction of sp³-hybridized carbons (Fsp3) is 0.667. The largest absolute Gasteiger partial charge is 0.123 e. The van der Waals surface area contributed by atoms with Gasteiger partial charge in [0.1, 0.15) is 0 Å². The van der Waals surface area contributed by atoms with E-state index in [0.29, 0.717) is 11.3 Å². The minimum atomic E-state index is 0.399. The number of benzene rings is 1. The van der Waals surface area contributed by atoms with Crippen molar-refractivity contribution in [3.63, 3.8) is 0 Å². The molecule has 0 N–H and O–H groups in total. The molecule has 0 nitrogen and oxygen atoms in total. The highest BCUT2D eigenvalue weighted by Gasteiger charge is 2.28. The summed E-state index contributed by atoms with van der Waals surface area (Å²) < 4.78 is 0. The molecule has 0 bridgehead atoms. The van der Waals surface area contributed by atoms with Crippen molar-refractivity contribution >= 4 is 11.6 Å². The van der Waals surface area contributed by atoms with Crippen LogP contribution in [-0.2, 0) is 19.3 Å². The van der Waals surface area contributed by atoms with Crippen LogP contribution in [0, 0.1) is 11.8 Å². The average molecular weight is 277 g/mol. The molecule has 3 unspecified atom stereocenters. The van der Waals surface area contributed by atoms with Gasteiger partial charge in [0.05, 0.1) is 0 Å². The maximum Gasteiger partial charge on any atom is 0.0367 e. The second-order valence-electron chi connectivity index (χ2n) is 6.52. The summed E-state index contributed by atoms with van der Waals surface area (Å²) in [5, 5.41) is 0.399. The quantitative estimate of drug-likeness (QED) is 0.670. The molecule has 1 saturated carbocycles. The topological polar surface area (TPSA) is 0 Å². The Morgan fingerprint density at radius 3 is 2.84 bits per heavy atom. The molecule has 1 aromatic rings. The van der Waals surface area contributed by atoms with Crippen molar-refractivity contribution in [2.75, 3.05) is 0 Å². The van der Waals surface area contributed by atoms with E-state index in [1.165, 1.54) is 56.9 Å². The third-order valence-electron chi connectivity index (χ3n) is 5.24.